The van der Waals surface area contributed by atoms with E-state index in [1.165, 1.54) is 0 Å². The first-order chi connectivity index (χ1) is 10.1. The highest BCUT2D eigenvalue weighted by Gasteiger charge is 2.30. The van der Waals surface area contributed by atoms with Gasteiger partial charge < -0.3 is 20.5 Å². The number of hydrogen-bond acceptors (Lipinski definition) is 4. The van der Waals surface area contributed by atoms with Crippen LogP contribution in [0.5, 0.6) is 11.5 Å². The van der Waals surface area contributed by atoms with Crippen LogP contribution in [-0.2, 0) is 10.2 Å². The summed E-state index contributed by atoms with van der Waals surface area (Å²) in [6.45, 7) is 6.25. The summed E-state index contributed by atoms with van der Waals surface area (Å²) >= 11 is 0. The number of benzene rings is 1. The van der Waals surface area contributed by atoms with E-state index in [4.69, 9.17) is 15.2 Å². The summed E-state index contributed by atoms with van der Waals surface area (Å²) in [5.41, 5.74) is 5.76. The van der Waals surface area contributed by atoms with E-state index in [0.717, 1.165) is 24.2 Å². The van der Waals surface area contributed by atoms with Gasteiger partial charge in [-0.1, -0.05) is 6.07 Å². The molecule has 1 heterocycles. The zero-order valence-electron chi connectivity index (χ0n) is 12.8. The molecule has 2 rings (SSSR count). The molecule has 0 aromatic heterocycles. The Bertz CT molecular complexity index is 500. The van der Waals surface area contributed by atoms with Crippen LogP contribution in [0.3, 0.4) is 0 Å². The Morgan fingerprint density at radius 3 is 2.67 bits per heavy atom. The van der Waals surface area contributed by atoms with Crippen LogP contribution in [0.2, 0.25) is 0 Å². The Labute approximate surface area is 125 Å². The van der Waals surface area contributed by atoms with E-state index in [2.05, 4.69) is 5.32 Å². The first-order valence-electron chi connectivity index (χ1n) is 7.44. The Kier molecular flexibility index (Phi) is 5.07. The first-order valence-corrected chi connectivity index (χ1v) is 7.44. The highest BCUT2D eigenvalue weighted by atomic mass is 16.6. The normalized spacial score (nSPS) is 13.9. The number of amides is 1. The second-order valence-corrected chi connectivity index (χ2v) is 5.74. The van der Waals surface area contributed by atoms with E-state index in [1.54, 1.807) is 0 Å². The van der Waals surface area contributed by atoms with Gasteiger partial charge >= 0.3 is 0 Å². The lowest BCUT2D eigenvalue weighted by atomic mass is 9.83. The average molecular weight is 292 g/mol. The van der Waals surface area contributed by atoms with Crippen LogP contribution in [0.4, 0.5) is 0 Å². The molecule has 1 aliphatic heterocycles. The summed E-state index contributed by atoms with van der Waals surface area (Å²) < 4.78 is 11.1. The van der Waals surface area contributed by atoms with Gasteiger partial charge in [0, 0.05) is 6.54 Å². The Hall–Kier alpha value is -1.75. The van der Waals surface area contributed by atoms with Gasteiger partial charge in [0.15, 0.2) is 11.5 Å². The summed E-state index contributed by atoms with van der Waals surface area (Å²) in [5.74, 6) is 1.46. The van der Waals surface area contributed by atoms with Crippen molar-refractivity contribution in [3.8, 4) is 11.5 Å². The largest absolute Gasteiger partial charge is 0.486 e. The van der Waals surface area contributed by atoms with E-state index < -0.39 is 5.41 Å². The van der Waals surface area contributed by atoms with Crippen molar-refractivity contribution in [2.24, 2.45) is 5.73 Å². The van der Waals surface area contributed by atoms with Crippen LogP contribution >= 0.6 is 0 Å². The highest BCUT2D eigenvalue weighted by Crippen LogP contribution is 2.35. The molecule has 0 bridgehead atoms. The molecule has 116 valence electrons. The SMILES string of the molecule is CC(C)(C(=O)NCCCCN)c1ccc2c(c1)OCCO2. The molecular weight excluding hydrogens is 268 g/mol. The third-order valence-electron chi connectivity index (χ3n) is 3.75. The van der Waals surface area contributed by atoms with E-state index in [0.29, 0.717) is 32.1 Å². The van der Waals surface area contributed by atoms with Crippen LogP contribution in [-0.4, -0.2) is 32.2 Å². The van der Waals surface area contributed by atoms with Gasteiger partial charge in [-0.25, -0.2) is 0 Å². The van der Waals surface area contributed by atoms with Gasteiger partial charge in [0.05, 0.1) is 5.41 Å². The predicted octanol–water partition coefficient (Wildman–Crippen LogP) is 1.59. The number of hydrogen-bond donors (Lipinski definition) is 2. The van der Waals surface area contributed by atoms with Gasteiger partial charge in [0.2, 0.25) is 5.91 Å². The van der Waals surface area contributed by atoms with Gasteiger partial charge in [0.1, 0.15) is 13.2 Å². The van der Waals surface area contributed by atoms with Gasteiger partial charge in [-0.05, 0) is 50.9 Å². The monoisotopic (exact) mass is 292 g/mol. The number of nitrogens with two attached hydrogens (primary N) is 1. The molecule has 5 heteroatoms. The molecule has 1 aromatic rings. The number of ether oxygens (including phenoxy) is 2. The van der Waals surface area contributed by atoms with E-state index in [-0.39, 0.29) is 5.91 Å². The third kappa shape index (κ3) is 3.67. The van der Waals surface area contributed by atoms with Crippen LogP contribution in [0.15, 0.2) is 18.2 Å². The van der Waals surface area contributed by atoms with Gasteiger partial charge in [-0.15, -0.1) is 0 Å². The average Bonchev–Trinajstić information content (AvgIpc) is 2.50. The van der Waals surface area contributed by atoms with Crippen molar-refractivity contribution in [3.63, 3.8) is 0 Å². The minimum atomic E-state index is -0.613. The number of rotatable bonds is 6. The summed E-state index contributed by atoms with van der Waals surface area (Å²) in [6, 6.07) is 5.69. The number of carbonyl (C=O) groups is 1. The number of nitrogens with one attached hydrogen (secondary N) is 1. The summed E-state index contributed by atoms with van der Waals surface area (Å²) in [6.07, 6.45) is 1.82. The van der Waals surface area contributed by atoms with Gasteiger partial charge in [-0.2, -0.15) is 0 Å². The molecule has 0 spiro atoms. The number of fused-ring (bicyclic) bond motifs is 1. The molecule has 0 unspecified atom stereocenters. The number of unbranched alkanes of at least 4 members (excludes halogenated alkanes) is 1. The maximum absolute atomic E-state index is 12.4. The zero-order chi connectivity index (χ0) is 15.3. The molecular formula is C16H24N2O3. The summed E-state index contributed by atoms with van der Waals surface area (Å²) in [7, 11) is 0. The Morgan fingerprint density at radius 2 is 1.95 bits per heavy atom. The molecule has 1 aromatic carbocycles. The molecule has 3 N–H and O–H groups in total. The lowest BCUT2D eigenvalue weighted by Gasteiger charge is -2.26. The summed E-state index contributed by atoms with van der Waals surface area (Å²) in [4.78, 5) is 12.4. The summed E-state index contributed by atoms with van der Waals surface area (Å²) in [5, 5.41) is 2.97. The molecule has 0 atom stereocenters. The van der Waals surface area contributed by atoms with E-state index >= 15 is 0 Å². The molecule has 0 saturated carbocycles. The standard InChI is InChI=1S/C16H24N2O3/c1-16(2,15(19)18-8-4-3-7-17)12-5-6-13-14(11-12)21-10-9-20-13/h5-6,11H,3-4,7-10,17H2,1-2H3,(H,18,19). The van der Waals surface area contributed by atoms with Crippen molar-refractivity contribution in [1.29, 1.82) is 0 Å². The molecule has 0 saturated heterocycles. The van der Waals surface area contributed by atoms with E-state index in [9.17, 15) is 4.79 Å². The van der Waals surface area contributed by atoms with Crippen LogP contribution in [0.25, 0.3) is 0 Å². The maximum Gasteiger partial charge on any atom is 0.230 e. The van der Waals surface area contributed by atoms with E-state index in [1.807, 2.05) is 32.0 Å². The molecule has 1 aliphatic rings. The zero-order valence-corrected chi connectivity index (χ0v) is 12.8. The molecule has 0 radical (unpaired) electrons. The van der Waals surface area contributed by atoms with Crippen LogP contribution in [0, 0.1) is 0 Å². The second kappa shape index (κ2) is 6.80. The fraction of sp³-hybridized carbons (Fsp3) is 0.562. The molecule has 0 fully saturated rings. The Balaban J connectivity index is 2.05. The quantitative estimate of drug-likeness (QED) is 0.781. The minimum absolute atomic E-state index is 0.0104. The third-order valence-corrected chi connectivity index (χ3v) is 3.75. The van der Waals surface area contributed by atoms with Gasteiger partial charge in [0.25, 0.3) is 0 Å². The topological polar surface area (TPSA) is 73.6 Å². The molecule has 0 aliphatic carbocycles. The highest BCUT2D eigenvalue weighted by molar-refractivity contribution is 5.87. The van der Waals surface area contributed by atoms with Gasteiger partial charge in [-0.3, -0.25) is 4.79 Å². The van der Waals surface area contributed by atoms with Crippen molar-refractivity contribution < 1.29 is 14.3 Å². The predicted molar refractivity (Wildman–Crippen MR) is 81.8 cm³/mol. The fourth-order valence-electron chi connectivity index (χ4n) is 2.26. The molecule has 1 amide bonds. The van der Waals surface area contributed by atoms with Crippen molar-refractivity contribution in [2.45, 2.75) is 32.1 Å². The number of carbonyl (C=O) groups excluding carboxylic acids is 1. The lowest BCUT2D eigenvalue weighted by molar-refractivity contribution is -0.125. The van der Waals surface area contributed by atoms with Crippen LogP contribution in [0.1, 0.15) is 32.3 Å². The molecule has 21 heavy (non-hydrogen) atoms. The molecule has 5 nitrogen and oxygen atoms in total. The van der Waals surface area contributed by atoms with Crippen molar-refractivity contribution in [1.82, 2.24) is 5.32 Å². The van der Waals surface area contributed by atoms with Crippen molar-refractivity contribution in [2.75, 3.05) is 26.3 Å². The first kappa shape index (κ1) is 15.6. The smallest absolute Gasteiger partial charge is 0.230 e. The van der Waals surface area contributed by atoms with Crippen LogP contribution < -0.4 is 20.5 Å². The second-order valence-electron chi connectivity index (χ2n) is 5.74. The van der Waals surface area contributed by atoms with Crippen molar-refractivity contribution in [3.05, 3.63) is 23.8 Å². The minimum Gasteiger partial charge on any atom is -0.486 e. The fourth-order valence-corrected chi connectivity index (χ4v) is 2.26. The maximum atomic E-state index is 12.4. The Morgan fingerprint density at radius 1 is 1.24 bits per heavy atom. The lowest BCUT2D eigenvalue weighted by Crippen LogP contribution is -2.40. The van der Waals surface area contributed by atoms with Crippen molar-refractivity contribution >= 4 is 5.91 Å².